The predicted molar refractivity (Wildman–Crippen MR) is 63.7 cm³/mol. The molecule has 0 aliphatic carbocycles. The number of rotatable bonds is 3. The third kappa shape index (κ3) is 2.56. The lowest BCUT2D eigenvalue weighted by molar-refractivity contribution is 1.24. The van der Waals surface area contributed by atoms with Crippen molar-refractivity contribution in [3.05, 3.63) is 32.4 Å². The van der Waals surface area contributed by atoms with Crippen molar-refractivity contribution in [1.29, 1.82) is 0 Å². The zero-order valence-corrected chi connectivity index (χ0v) is 10.6. The van der Waals surface area contributed by atoms with Crippen LogP contribution in [0.15, 0.2) is 31.1 Å². The van der Waals surface area contributed by atoms with Gasteiger partial charge in [0.2, 0.25) is 0 Å². The first-order valence-electron chi connectivity index (χ1n) is 3.60. The van der Waals surface area contributed by atoms with Crippen molar-refractivity contribution in [3.8, 4) is 0 Å². The Kier molecular flexibility index (Phi) is 3.43. The van der Waals surface area contributed by atoms with Crippen molar-refractivity contribution in [2.45, 2.75) is 10.1 Å². The maximum Gasteiger partial charge on any atom is 0.150 e. The van der Waals surface area contributed by atoms with Gasteiger partial charge in [-0.2, -0.15) is 0 Å². The highest BCUT2D eigenvalue weighted by molar-refractivity contribution is 9.11. The lowest BCUT2D eigenvalue weighted by atomic mass is 10.4. The average Bonchev–Trinajstić information content (AvgIpc) is 2.72. The molecule has 0 atom stereocenters. The molecule has 0 aliphatic rings. The zero-order chi connectivity index (χ0) is 9.10. The van der Waals surface area contributed by atoms with Crippen molar-refractivity contribution in [1.82, 2.24) is 4.98 Å². The Bertz CT molecular complexity index is 368. The van der Waals surface area contributed by atoms with Gasteiger partial charge in [0.25, 0.3) is 0 Å². The molecule has 2 aromatic rings. The zero-order valence-electron chi connectivity index (χ0n) is 6.57. The fraction of sp³-hybridized carbons (Fsp3) is 0.125. The maximum absolute atomic E-state index is 4.21. The van der Waals surface area contributed by atoms with Gasteiger partial charge in [-0.25, -0.2) is 4.98 Å². The van der Waals surface area contributed by atoms with E-state index in [1.54, 1.807) is 34.4 Å². The minimum atomic E-state index is 0.998. The molecule has 2 aromatic heterocycles. The number of thiophene rings is 1. The van der Waals surface area contributed by atoms with Gasteiger partial charge in [0, 0.05) is 17.3 Å². The van der Waals surface area contributed by atoms with Gasteiger partial charge in [0.05, 0.1) is 3.79 Å². The second kappa shape index (κ2) is 4.59. The normalized spacial score (nSPS) is 10.5. The molecule has 0 amide bonds. The van der Waals surface area contributed by atoms with Crippen LogP contribution in [0.2, 0.25) is 0 Å². The van der Waals surface area contributed by atoms with Crippen LogP contribution in [0, 0.1) is 0 Å². The second-order valence-electron chi connectivity index (χ2n) is 2.31. The monoisotopic (exact) mass is 291 g/mol. The van der Waals surface area contributed by atoms with E-state index in [0.29, 0.717) is 0 Å². The summed E-state index contributed by atoms with van der Waals surface area (Å²) >= 11 is 8.72. The smallest absolute Gasteiger partial charge is 0.150 e. The fourth-order valence-electron chi connectivity index (χ4n) is 0.843. The first kappa shape index (κ1) is 9.71. The van der Waals surface area contributed by atoms with E-state index in [-0.39, 0.29) is 0 Å². The van der Waals surface area contributed by atoms with Crippen molar-refractivity contribution in [3.63, 3.8) is 0 Å². The minimum Gasteiger partial charge on any atom is -0.238 e. The molecule has 0 spiro atoms. The van der Waals surface area contributed by atoms with E-state index >= 15 is 0 Å². The van der Waals surface area contributed by atoms with Gasteiger partial charge in [-0.3, -0.25) is 0 Å². The summed E-state index contributed by atoms with van der Waals surface area (Å²) in [6, 6.07) is 2.15. The van der Waals surface area contributed by atoms with Gasteiger partial charge < -0.3 is 0 Å². The number of hydrogen-bond donors (Lipinski definition) is 0. The van der Waals surface area contributed by atoms with Crippen LogP contribution >= 0.6 is 50.4 Å². The molecule has 0 unspecified atom stereocenters. The van der Waals surface area contributed by atoms with Crippen LogP contribution in [0.4, 0.5) is 0 Å². The van der Waals surface area contributed by atoms with Crippen molar-refractivity contribution in [2.75, 3.05) is 0 Å². The molecule has 0 saturated carbocycles. The summed E-state index contributed by atoms with van der Waals surface area (Å²) < 4.78 is 2.37. The van der Waals surface area contributed by atoms with Crippen molar-refractivity contribution in [2.24, 2.45) is 0 Å². The minimum absolute atomic E-state index is 0.998. The van der Waals surface area contributed by atoms with Gasteiger partial charge in [0.1, 0.15) is 4.34 Å². The Morgan fingerprint density at radius 2 is 2.31 bits per heavy atom. The van der Waals surface area contributed by atoms with Gasteiger partial charge in [0.15, 0.2) is 0 Å². The summed E-state index contributed by atoms with van der Waals surface area (Å²) in [6.45, 7) is 0. The van der Waals surface area contributed by atoms with Crippen LogP contribution in [0.3, 0.4) is 0 Å². The van der Waals surface area contributed by atoms with E-state index in [4.69, 9.17) is 0 Å². The molecule has 0 saturated heterocycles. The molecule has 68 valence electrons. The number of thioether (sulfide) groups is 1. The first-order valence-corrected chi connectivity index (χ1v) is 7.14. The molecule has 1 nitrogen and oxygen atoms in total. The van der Waals surface area contributed by atoms with Crippen LogP contribution in [0.25, 0.3) is 0 Å². The van der Waals surface area contributed by atoms with E-state index in [1.165, 1.54) is 9.35 Å². The predicted octanol–water partition coefficient (Wildman–Crippen LogP) is 4.26. The molecule has 2 heterocycles. The number of aromatic nitrogens is 1. The largest absolute Gasteiger partial charge is 0.238 e. The molecule has 0 aromatic carbocycles. The van der Waals surface area contributed by atoms with E-state index in [9.17, 15) is 0 Å². The van der Waals surface area contributed by atoms with Crippen LogP contribution < -0.4 is 0 Å². The molecule has 0 aliphatic heterocycles. The summed E-state index contributed by atoms with van der Waals surface area (Å²) in [6.07, 6.45) is 1.84. The molecule has 0 N–H and O–H groups in total. The van der Waals surface area contributed by atoms with Crippen LogP contribution in [0.1, 0.15) is 5.56 Å². The summed E-state index contributed by atoms with van der Waals surface area (Å²) in [5.74, 6) is 0.998. The van der Waals surface area contributed by atoms with Gasteiger partial charge >= 0.3 is 0 Å². The topological polar surface area (TPSA) is 12.9 Å². The summed E-state index contributed by atoms with van der Waals surface area (Å²) in [5, 5.41) is 4.10. The van der Waals surface area contributed by atoms with Crippen LogP contribution in [-0.2, 0) is 5.75 Å². The van der Waals surface area contributed by atoms with Crippen molar-refractivity contribution < 1.29 is 0 Å². The number of nitrogens with zero attached hydrogens (tertiary/aromatic N) is 1. The van der Waals surface area contributed by atoms with Crippen LogP contribution in [0.5, 0.6) is 0 Å². The van der Waals surface area contributed by atoms with Gasteiger partial charge in [-0.05, 0) is 32.9 Å². The quantitative estimate of drug-likeness (QED) is 0.784. The molecule has 5 heteroatoms. The number of thiazole rings is 1. The Morgan fingerprint density at radius 3 is 2.92 bits per heavy atom. The summed E-state index contributed by atoms with van der Waals surface area (Å²) in [7, 11) is 0. The lowest BCUT2D eigenvalue weighted by Crippen LogP contribution is -1.75. The Hall–Kier alpha value is 0.160. The molecule has 0 radical (unpaired) electrons. The fourth-order valence-corrected chi connectivity index (χ4v) is 3.99. The third-order valence-electron chi connectivity index (χ3n) is 1.45. The standard InChI is InChI=1S/C8H6BrNS3/c9-7-6(1-3-11-7)5-13-8-10-2-4-12-8/h1-4H,5H2. The highest BCUT2D eigenvalue weighted by Gasteiger charge is 2.02. The SMILES string of the molecule is Brc1sccc1CSc1nccs1. The Balaban J connectivity index is 1.97. The first-order chi connectivity index (χ1) is 6.36. The highest BCUT2D eigenvalue weighted by Crippen LogP contribution is 2.30. The van der Waals surface area contributed by atoms with Gasteiger partial charge in [-0.15, -0.1) is 22.7 Å². The molecule has 0 bridgehead atoms. The number of hydrogen-bond acceptors (Lipinski definition) is 4. The average molecular weight is 292 g/mol. The highest BCUT2D eigenvalue weighted by atomic mass is 79.9. The second-order valence-corrected chi connectivity index (χ2v) is 6.66. The van der Waals surface area contributed by atoms with E-state index in [1.807, 2.05) is 11.6 Å². The molecular formula is C8H6BrNS3. The summed E-state index contributed by atoms with van der Waals surface area (Å²) in [4.78, 5) is 4.21. The lowest BCUT2D eigenvalue weighted by Gasteiger charge is -1.95. The molecule has 13 heavy (non-hydrogen) atoms. The Morgan fingerprint density at radius 1 is 1.38 bits per heavy atom. The third-order valence-corrected chi connectivity index (χ3v) is 5.28. The van der Waals surface area contributed by atoms with Crippen molar-refractivity contribution >= 4 is 50.4 Å². The van der Waals surface area contributed by atoms with E-state index < -0.39 is 0 Å². The van der Waals surface area contributed by atoms with Gasteiger partial charge in [-0.1, -0.05) is 11.8 Å². The Labute approximate surface area is 97.3 Å². The van der Waals surface area contributed by atoms with E-state index in [2.05, 4.69) is 32.4 Å². The van der Waals surface area contributed by atoms with Crippen LogP contribution in [-0.4, -0.2) is 4.98 Å². The molecular weight excluding hydrogens is 286 g/mol. The summed E-state index contributed by atoms with van der Waals surface area (Å²) in [5.41, 5.74) is 1.35. The number of halogens is 1. The maximum atomic E-state index is 4.21. The van der Waals surface area contributed by atoms with E-state index in [0.717, 1.165) is 10.1 Å². The molecule has 0 fully saturated rings. The molecule has 2 rings (SSSR count).